The van der Waals surface area contributed by atoms with Crippen LogP contribution >= 0.6 is 11.3 Å². The second-order valence-corrected chi connectivity index (χ2v) is 7.54. The van der Waals surface area contributed by atoms with Crippen LogP contribution in [-0.2, 0) is 16.0 Å². The van der Waals surface area contributed by atoms with Crippen molar-refractivity contribution in [1.29, 1.82) is 0 Å². The number of rotatable bonds is 5. The van der Waals surface area contributed by atoms with Gasteiger partial charge in [0.15, 0.2) is 0 Å². The molecule has 5 nitrogen and oxygen atoms in total. The summed E-state index contributed by atoms with van der Waals surface area (Å²) >= 11 is 1.67. The van der Waals surface area contributed by atoms with Crippen LogP contribution in [0.25, 0.3) is 0 Å². The Kier molecular flexibility index (Phi) is 6.02. The number of thiazole rings is 1. The van der Waals surface area contributed by atoms with E-state index in [1.54, 1.807) is 11.3 Å². The Labute approximate surface area is 142 Å². The first kappa shape index (κ1) is 16.9. The van der Waals surface area contributed by atoms with Gasteiger partial charge in [-0.25, -0.2) is 4.98 Å². The van der Waals surface area contributed by atoms with E-state index in [1.165, 1.54) is 0 Å². The zero-order valence-corrected chi connectivity index (χ0v) is 14.7. The Morgan fingerprint density at radius 1 is 1.43 bits per heavy atom. The number of amides is 1. The van der Waals surface area contributed by atoms with Crippen molar-refractivity contribution in [2.75, 3.05) is 32.8 Å². The highest BCUT2D eigenvalue weighted by atomic mass is 32.1. The van der Waals surface area contributed by atoms with Gasteiger partial charge in [0.05, 0.1) is 10.9 Å². The van der Waals surface area contributed by atoms with E-state index >= 15 is 0 Å². The smallest absolute Gasteiger partial charge is 0.224 e. The lowest BCUT2D eigenvalue weighted by Crippen LogP contribution is -2.48. The average molecular weight is 337 g/mol. The standard InChI is InChI=1S/C17H27N3O2S/c1-13-12-23-16(19-13)4-7-18-17(21)14-3-2-8-20(11-14)15-5-9-22-10-6-15/h12,14-15H,2-11H2,1H3,(H,18,21)/t14-/m1/s1. The number of nitrogens with zero attached hydrogens (tertiary/aromatic N) is 2. The Hall–Kier alpha value is -0.980. The van der Waals surface area contributed by atoms with Gasteiger partial charge in [-0.1, -0.05) is 0 Å². The van der Waals surface area contributed by atoms with Crippen molar-refractivity contribution >= 4 is 17.2 Å². The van der Waals surface area contributed by atoms with E-state index < -0.39 is 0 Å². The number of aromatic nitrogens is 1. The number of nitrogens with one attached hydrogen (secondary N) is 1. The second-order valence-electron chi connectivity index (χ2n) is 6.60. The summed E-state index contributed by atoms with van der Waals surface area (Å²) in [6, 6.07) is 0.609. The molecule has 2 fully saturated rings. The number of hydrogen-bond acceptors (Lipinski definition) is 5. The zero-order valence-electron chi connectivity index (χ0n) is 13.9. The predicted octanol–water partition coefficient (Wildman–Crippen LogP) is 2.00. The van der Waals surface area contributed by atoms with E-state index in [4.69, 9.17) is 4.74 Å². The average Bonchev–Trinajstić information content (AvgIpc) is 3.01. The highest BCUT2D eigenvalue weighted by Gasteiger charge is 2.30. The van der Waals surface area contributed by atoms with E-state index in [-0.39, 0.29) is 11.8 Å². The third-order valence-electron chi connectivity index (χ3n) is 4.84. The number of hydrogen-bond donors (Lipinski definition) is 1. The van der Waals surface area contributed by atoms with Crippen molar-refractivity contribution < 1.29 is 9.53 Å². The fourth-order valence-corrected chi connectivity index (χ4v) is 4.33. The molecule has 0 radical (unpaired) electrons. The number of carbonyl (C=O) groups excluding carboxylic acids is 1. The molecule has 128 valence electrons. The molecule has 1 aromatic heterocycles. The van der Waals surface area contributed by atoms with Crippen LogP contribution in [0.4, 0.5) is 0 Å². The van der Waals surface area contributed by atoms with Gasteiger partial charge in [0, 0.05) is 49.8 Å². The first-order chi connectivity index (χ1) is 11.2. The van der Waals surface area contributed by atoms with E-state index in [9.17, 15) is 4.79 Å². The van der Waals surface area contributed by atoms with Gasteiger partial charge in [0.1, 0.15) is 0 Å². The van der Waals surface area contributed by atoms with Crippen LogP contribution in [0.15, 0.2) is 5.38 Å². The third kappa shape index (κ3) is 4.75. The lowest BCUT2D eigenvalue weighted by molar-refractivity contribution is -0.127. The first-order valence-electron chi connectivity index (χ1n) is 8.73. The summed E-state index contributed by atoms with van der Waals surface area (Å²) in [6.45, 7) is 6.47. The van der Waals surface area contributed by atoms with Crippen LogP contribution in [0.5, 0.6) is 0 Å². The van der Waals surface area contributed by atoms with Crippen LogP contribution in [0, 0.1) is 12.8 Å². The quantitative estimate of drug-likeness (QED) is 0.893. The van der Waals surface area contributed by atoms with E-state index in [1.807, 2.05) is 6.92 Å². The number of ether oxygens (including phenoxy) is 1. The highest BCUT2D eigenvalue weighted by Crippen LogP contribution is 2.23. The molecule has 1 amide bonds. The molecule has 0 bridgehead atoms. The summed E-state index contributed by atoms with van der Waals surface area (Å²) in [4.78, 5) is 19.4. The summed E-state index contributed by atoms with van der Waals surface area (Å²) in [5, 5.41) is 6.28. The summed E-state index contributed by atoms with van der Waals surface area (Å²) < 4.78 is 5.45. The number of carbonyl (C=O) groups is 1. The molecule has 2 saturated heterocycles. The van der Waals surface area contributed by atoms with Crippen molar-refractivity contribution in [1.82, 2.24) is 15.2 Å². The molecule has 6 heteroatoms. The van der Waals surface area contributed by atoms with Crippen LogP contribution < -0.4 is 5.32 Å². The minimum Gasteiger partial charge on any atom is -0.381 e. The molecule has 0 aliphatic carbocycles. The van der Waals surface area contributed by atoms with E-state index in [0.717, 1.165) is 69.1 Å². The number of aryl methyl sites for hydroxylation is 1. The van der Waals surface area contributed by atoms with Gasteiger partial charge in [-0.3, -0.25) is 9.69 Å². The molecule has 23 heavy (non-hydrogen) atoms. The summed E-state index contributed by atoms with van der Waals surface area (Å²) in [7, 11) is 0. The minimum absolute atomic E-state index is 0.143. The molecule has 1 N–H and O–H groups in total. The molecule has 0 aromatic carbocycles. The summed E-state index contributed by atoms with van der Waals surface area (Å²) in [5.41, 5.74) is 1.07. The maximum atomic E-state index is 12.4. The fourth-order valence-electron chi connectivity index (χ4n) is 3.56. The molecular formula is C17H27N3O2S. The fraction of sp³-hybridized carbons (Fsp3) is 0.765. The molecule has 0 unspecified atom stereocenters. The van der Waals surface area contributed by atoms with E-state index in [2.05, 4.69) is 20.6 Å². The highest BCUT2D eigenvalue weighted by molar-refractivity contribution is 7.09. The van der Waals surface area contributed by atoms with Crippen LogP contribution in [0.3, 0.4) is 0 Å². The molecule has 2 aliphatic heterocycles. The Morgan fingerprint density at radius 2 is 2.26 bits per heavy atom. The van der Waals surface area contributed by atoms with Crippen molar-refractivity contribution in [2.24, 2.45) is 5.92 Å². The number of piperidine rings is 1. The molecule has 0 saturated carbocycles. The molecule has 1 atom stereocenters. The van der Waals surface area contributed by atoms with Gasteiger partial charge < -0.3 is 10.1 Å². The summed E-state index contributed by atoms with van der Waals surface area (Å²) in [6.07, 6.45) is 5.19. The Morgan fingerprint density at radius 3 is 3.00 bits per heavy atom. The normalized spacial score (nSPS) is 23.8. The van der Waals surface area contributed by atoms with Gasteiger partial charge in [-0.05, 0) is 39.2 Å². The molecular weight excluding hydrogens is 310 g/mol. The SMILES string of the molecule is Cc1csc(CCNC(=O)[C@@H]2CCCN(C3CCOCC3)C2)n1. The maximum absolute atomic E-state index is 12.4. The van der Waals surface area contributed by atoms with Crippen molar-refractivity contribution in [3.05, 3.63) is 16.1 Å². The largest absolute Gasteiger partial charge is 0.381 e. The molecule has 3 rings (SSSR count). The maximum Gasteiger partial charge on any atom is 0.224 e. The molecule has 2 aliphatic rings. The monoisotopic (exact) mass is 337 g/mol. The topological polar surface area (TPSA) is 54.5 Å². The van der Waals surface area contributed by atoms with Gasteiger partial charge in [0.25, 0.3) is 0 Å². The second kappa shape index (κ2) is 8.22. The van der Waals surface area contributed by atoms with Gasteiger partial charge in [-0.15, -0.1) is 11.3 Å². The van der Waals surface area contributed by atoms with Crippen LogP contribution in [0.1, 0.15) is 36.4 Å². The zero-order chi connectivity index (χ0) is 16.1. The van der Waals surface area contributed by atoms with Crippen LogP contribution in [-0.4, -0.2) is 54.7 Å². The number of likely N-dealkylation sites (tertiary alicyclic amines) is 1. The molecule has 3 heterocycles. The predicted molar refractivity (Wildman–Crippen MR) is 91.7 cm³/mol. The third-order valence-corrected chi connectivity index (χ3v) is 5.86. The lowest BCUT2D eigenvalue weighted by atomic mass is 9.94. The molecule has 0 spiro atoms. The lowest BCUT2D eigenvalue weighted by Gasteiger charge is -2.39. The molecule has 1 aromatic rings. The van der Waals surface area contributed by atoms with Gasteiger partial charge >= 0.3 is 0 Å². The van der Waals surface area contributed by atoms with Crippen LogP contribution in [0.2, 0.25) is 0 Å². The minimum atomic E-state index is 0.143. The summed E-state index contributed by atoms with van der Waals surface area (Å²) in [5.74, 6) is 0.361. The van der Waals surface area contributed by atoms with Crippen molar-refractivity contribution in [2.45, 2.75) is 45.1 Å². The van der Waals surface area contributed by atoms with Gasteiger partial charge in [0.2, 0.25) is 5.91 Å². The van der Waals surface area contributed by atoms with Gasteiger partial charge in [-0.2, -0.15) is 0 Å². The van der Waals surface area contributed by atoms with Crippen molar-refractivity contribution in [3.63, 3.8) is 0 Å². The van der Waals surface area contributed by atoms with E-state index in [0.29, 0.717) is 12.6 Å². The Balaban J connectivity index is 1.43. The Bertz CT molecular complexity index is 514. The first-order valence-corrected chi connectivity index (χ1v) is 9.61. The van der Waals surface area contributed by atoms with Crippen molar-refractivity contribution in [3.8, 4) is 0 Å².